The van der Waals surface area contributed by atoms with Crippen LogP contribution in [0, 0.1) is 10.1 Å². The van der Waals surface area contributed by atoms with Gasteiger partial charge in [0, 0.05) is 17.7 Å². The Labute approximate surface area is 158 Å². The third-order valence-electron chi connectivity index (χ3n) is 3.38. The van der Waals surface area contributed by atoms with Gasteiger partial charge in [0.2, 0.25) is 11.5 Å². The molecule has 2 rings (SSSR count). The number of non-ortho nitro benzene ring substituents is 1. The summed E-state index contributed by atoms with van der Waals surface area (Å²) in [6.45, 7) is 0. The number of nitrogens with one attached hydrogen (secondary N) is 1. The van der Waals surface area contributed by atoms with Gasteiger partial charge in [-0.1, -0.05) is 0 Å². The number of hydrogen-bond donors (Lipinski definition) is 2. The fraction of sp³-hybridized carbons (Fsp3) is 0.0625. The van der Waals surface area contributed by atoms with Crippen molar-refractivity contribution in [2.75, 3.05) is 12.5 Å². The van der Waals surface area contributed by atoms with Gasteiger partial charge in [0.25, 0.3) is 15.8 Å². The van der Waals surface area contributed by atoms with Gasteiger partial charge >= 0.3 is 5.97 Å². The normalized spacial score (nSPS) is 11.6. The van der Waals surface area contributed by atoms with E-state index in [-0.39, 0.29) is 21.8 Å². The van der Waals surface area contributed by atoms with Crippen molar-refractivity contribution in [2.45, 2.75) is 4.90 Å². The van der Waals surface area contributed by atoms with E-state index in [4.69, 9.17) is 4.55 Å². The highest BCUT2D eigenvalue weighted by molar-refractivity contribution is 7.85. The van der Waals surface area contributed by atoms with Crippen molar-refractivity contribution < 1.29 is 32.2 Å². The average Bonchev–Trinajstić information content (AvgIpc) is 2.67. The molecule has 2 N–H and O–H groups in total. The summed E-state index contributed by atoms with van der Waals surface area (Å²) >= 11 is 0. The van der Waals surface area contributed by atoms with Crippen LogP contribution < -0.4 is 5.43 Å². The lowest BCUT2D eigenvalue weighted by Gasteiger charge is -2.06. The van der Waals surface area contributed by atoms with Gasteiger partial charge in [-0.05, 0) is 36.4 Å². The number of ether oxygens (including phenoxy) is 1. The van der Waals surface area contributed by atoms with E-state index in [1.165, 1.54) is 24.3 Å². The third-order valence-corrected chi connectivity index (χ3v) is 4.25. The molecular formula is C16H13N3O8S. The highest BCUT2D eigenvalue weighted by Gasteiger charge is 2.24. The van der Waals surface area contributed by atoms with Gasteiger partial charge in [-0.2, -0.15) is 13.5 Å². The van der Waals surface area contributed by atoms with Crippen LogP contribution in [0.1, 0.15) is 10.4 Å². The Morgan fingerprint density at radius 1 is 1.11 bits per heavy atom. The molecule has 0 unspecified atom stereocenters. The highest BCUT2D eigenvalue weighted by Crippen LogP contribution is 2.15. The molecule has 2 aromatic carbocycles. The van der Waals surface area contributed by atoms with E-state index in [0.29, 0.717) is 0 Å². The number of ketones is 1. The number of hydrazone groups is 1. The molecule has 0 heterocycles. The Morgan fingerprint density at radius 3 is 2.14 bits per heavy atom. The van der Waals surface area contributed by atoms with Crippen LogP contribution in [0.2, 0.25) is 0 Å². The zero-order valence-corrected chi connectivity index (χ0v) is 15.0. The molecule has 0 radical (unpaired) electrons. The summed E-state index contributed by atoms with van der Waals surface area (Å²) in [7, 11) is -3.32. The number of rotatable bonds is 7. The van der Waals surface area contributed by atoms with Gasteiger partial charge in [-0.15, -0.1) is 0 Å². The van der Waals surface area contributed by atoms with Crippen LogP contribution >= 0.6 is 0 Å². The van der Waals surface area contributed by atoms with Crippen LogP contribution in [-0.4, -0.2) is 42.5 Å². The quantitative estimate of drug-likeness (QED) is 0.132. The molecule has 0 atom stereocenters. The SMILES string of the molecule is COC(=O)C(=NNc1ccc(S(=O)(=O)O)cc1)C(=O)c1ccc([N+](=O)[O-])cc1. The predicted molar refractivity (Wildman–Crippen MR) is 96.8 cm³/mol. The summed E-state index contributed by atoms with van der Waals surface area (Å²) < 4.78 is 35.5. The number of methoxy groups -OCH3 is 1. The number of anilines is 1. The van der Waals surface area contributed by atoms with E-state index >= 15 is 0 Å². The number of Topliss-reactive ketones (excluding diaryl/α,β-unsaturated/α-hetero) is 1. The molecule has 0 aromatic heterocycles. The Kier molecular flexibility index (Phi) is 6.18. The van der Waals surface area contributed by atoms with Crippen molar-refractivity contribution in [3.63, 3.8) is 0 Å². The van der Waals surface area contributed by atoms with Crippen molar-refractivity contribution in [2.24, 2.45) is 5.10 Å². The fourth-order valence-corrected chi connectivity index (χ4v) is 2.46. The van der Waals surface area contributed by atoms with E-state index in [1.54, 1.807) is 0 Å². The number of carbonyl (C=O) groups is 2. The van der Waals surface area contributed by atoms with Gasteiger partial charge in [0.1, 0.15) is 0 Å². The molecule has 0 spiro atoms. The first-order chi connectivity index (χ1) is 13.1. The summed E-state index contributed by atoms with van der Waals surface area (Å²) in [5, 5.41) is 14.4. The molecule has 12 heteroatoms. The second kappa shape index (κ2) is 8.37. The molecule has 0 saturated heterocycles. The zero-order chi connectivity index (χ0) is 20.9. The smallest absolute Gasteiger partial charge is 0.362 e. The van der Waals surface area contributed by atoms with Gasteiger partial charge in [-0.3, -0.25) is 24.9 Å². The molecule has 28 heavy (non-hydrogen) atoms. The maximum absolute atomic E-state index is 12.5. The first kappa shape index (κ1) is 20.7. The van der Waals surface area contributed by atoms with Crippen LogP contribution in [-0.2, 0) is 19.6 Å². The fourth-order valence-electron chi connectivity index (χ4n) is 1.98. The number of benzene rings is 2. The molecule has 0 saturated carbocycles. The lowest BCUT2D eigenvalue weighted by molar-refractivity contribution is -0.384. The van der Waals surface area contributed by atoms with Crippen molar-refractivity contribution in [3.05, 3.63) is 64.2 Å². The van der Waals surface area contributed by atoms with E-state index in [2.05, 4.69) is 15.3 Å². The van der Waals surface area contributed by atoms with Crippen LogP contribution in [0.4, 0.5) is 11.4 Å². The van der Waals surface area contributed by atoms with Gasteiger partial charge in [0.05, 0.1) is 22.6 Å². The van der Waals surface area contributed by atoms with Gasteiger partial charge in [0.15, 0.2) is 0 Å². The van der Waals surface area contributed by atoms with Gasteiger partial charge in [-0.25, -0.2) is 4.79 Å². The van der Waals surface area contributed by atoms with Crippen molar-refractivity contribution in [1.29, 1.82) is 0 Å². The van der Waals surface area contributed by atoms with Crippen molar-refractivity contribution in [1.82, 2.24) is 0 Å². The Bertz CT molecular complexity index is 1040. The largest absolute Gasteiger partial charge is 0.464 e. The highest BCUT2D eigenvalue weighted by atomic mass is 32.2. The van der Waals surface area contributed by atoms with E-state index < -0.39 is 32.5 Å². The minimum atomic E-state index is -4.37. The lowest BCUT2D eigenvalue weighted by Crippen LogP contribution is -2.26. The summed E-state index contributed by atoms with van der Waals surface area (Å²) in [6.07, 6.45) is 0. The molecule has 2 aromatic rings. The van der Waals surface area contributed by atoms with Crippen LogP contribution in [0.15, 0.2) is 58.5 Å². The van der Waals surface area contributed by atoms with Crippen LogP contribution in [0.3, 0.4) is 0 Å². The summed E-state index contributed by atoms with van der Waals surface area (Å²) in [4.78, 5) is 34.0. The van der Waals surface area contributed by atoms with Crippen LogP contribution in [0.25, 0.3) is 0 Å². The molecular weight excluding hydrogens is 394 g/mol. The molecule has 146 valence electrons. The number of carbonyl (C=O) groups excluding carboxylic acids is 2. The topological polar surface area (TPSA) is 165 Å². The first-order valence-corrected chi connectivity index (χ1v) is 8.86. The van der Waals surface area contributed by atoms with E-state index in [0.717, 1.165) is 31.4 Å². The second-order valence-corrected chi connectivity index (χ2v) is 6.62. The number of nitro groups is 1. The molecule has 0 fully saturated rings. The summed E-state index contributed by atoms with van der Waals surface area (Å²) in [5.74, 6) is -1.89. The Hall–Kier alpha value is -3.64. The molecule has 0 bridgehead atoms. The monoisotopic (exact) mass is 407 g/mol. The van der Waals surface area contributed by atoms with E-state index in [1.807, 2.05) is 0 Å². The second-order valence-electron chi connectivity index (χ2n) is 5.20. The molecule has 0 aliphatic rings. The third kappa shape index (κ3) is 4.96. The first-order valence-electron chi connectivity index (χ1n) is 7.42. The number of esters is 1. The number of hydrogen-bond acceptors (Lipinski definition) is 9. The summed E-state index contributed by atoms with van der Waals surface area (Å²) in [6, 6.07) is 9.20. The summed E-state index contributed by atoms with van der Waals surface area (Å²) in [5.41, 5.74) is 1.72. The molecule has 11 nitrogen and oxygen atoms in total. The molecule has 0 amide bonds. The molecule has 0 aliphatic heterocycles. The standard InChI is InChI=1S/C16H13N3O8S/c1-27-16(21)14(15(20)10-2-6-12(7-3-10)19(22)23)18-17-11-4-8-13(9-5-11)28(24,25)26/h2-9,17H,1H3,(H,24,25,26). The Balaban J connectivity index is 2.28. The number of nitrogens with zero attached hydrogens (tertiary/aromatic N) is 2. The number of nitro benzene ring substituents is 1. The lowest BCUT2D eigenvalue weighted by atomic mass is 10.1. The minimum absolute atomic E-state index is 0.0294. The average molecular weight is 407 g/mol. The van der Waals surface area contributed by atoms with E-state index in [9.17, 15) is 28.1 Å². The van der Waals surface area contributed by atoms with Crippen LogP contribution in [0.5, 0.6) is 0 Å². The van der Waals surface area contributed by atoms with Crippen molar-refractivity contribution in [3.8, 4) is 0 Å². The molecule has 0 aliphatic carbocycles. The Morgan fingerprint density at radius 2 is 1.68 bits per heavy atom. The minimum Gasteiger partial charge on any atom is -0.464 e. The van der Waals surface area contributed by atoms with Crippen molar-refractivity contribution >= 4 is 39.0 Å². The predicted octanol–water partition coefficient (Wildman–Crippen LogP) is 1.67. The maximum Gasteiger partial charge on any atom is 0.362 e. The zero-order valence-electron chi connectivity index (χ0n) is 14.2. The van der Waals surface area contributed by atoms with Gasteiger partial charge < -0.3 is 4.74 Å². The maximum atomic E-state index is 12.5.